The van der Waals surface area contributed by atoms with Gasteiger partial charge in [0.2, 0.25) is 0 Å². The predicted molar refractivity (Wildman–Crippen MR) is 62.5 cm³/mol. The van der Waals surface area contributed by atoms with Crippen LogP contribution in [0.4, 0.5) is 0 Å². The fraction of sp³-hybridized carbons (Fsp3) is 0.571. The Balaban J connectivity index is 2.26. The van der Waals surface area contributed by atoms with Gasteiger partial charge in [0.25, 0.3) is 0 Å². The molecule has 1 aromatic carbocycles. The third kappa shape index (κ3) is 2.23. The van der Waals surface area contributed by atoms with Gasteiger partial charge in [-0.05, 0) is 36.7 Å². The summed E-state index contributed by atoms with van der Waals surface area (Å²) >= 11 is 0. The van der Waals surface area contributed by atoms with E-state index in [0.717, 1.165) is 18.4 Å². The molecular formula is C14H20O. The molecule has 1 fully saturated rings. The molecule has 15 heavy (non-hydrogen) atoms. The van der Waals surface area contributed by atoms with Crippen molar-refractivity contribution >= 4 is 0 Å². The van der Waals surface area contributed by atoms with Gasteiger partial charge in [-0.25, -0.2) is 0 Å². The highest BCUT2D eigenvalue weighted by Crippen LogP contribution is 2.42. The molecule has 1 aliphatic rings. The minimum Gasteiger partial charge on any atom is -0.385 e. The molecule has 0 amide bonds. The molecule has 0 heterocycles. The van der Waals surface area contributed by atoms with E-state index in [4.69, 9.17) is 0 Å². The third-order valence-corrected chi connectivity index (χ3v) is 3.49. The monoisotopic (exact) mass is 204 g/mol. The number of aliphatic hydroxyl groups is 1. The molecule has 1 aromatic rings. The van der Waals surface area contributed by atoms with Gasteiger partial charge in [-0.1, -0.05) is 44.2 Å². The highest BCUT2D eigenvalue weighted by Gasteiger charge is 2.37. The Hall–Kier alpha value is -0.820. The number of hydrogen-bond acceptors (Lipinski definition) is 1. The molecule has 2 atom stereocenters. The average Bonchev–Trinajstić information content (AvgIpc) is 2.17. The summed E-state index contributed by atoms with van der Waals surface area (Å²) < 4.78 is 0. The van der Waals surface area contributed by atoms with E-state index in [2.05, 4.69) is 13.8 Å². The molecule has 0 radical (unpaired) electrons. The SMILES string of the molecule is C[C@@H]1C[C@@H](C)CC(O)(c2ccccc2)C1. The van der Waals surface area contributed by atoms with Gasteiger partial charge in [-0.2, -0.15) is 0 Å². The first-order valence-electron chi connectivity index (χ1n) is 5.88. The molecule has 0 bridgehead atoms. The summed E-state index contributed by atoms with van der Waals surface area (Å²) in [5, 5.41) is 10.7. The van der Waals surface area contributed by atoms with E-state index in [1.165, 1.54) is 6.42 Å². The zero-order chi connectivity index (χ0) is 10.9. The molecule has 0 aliphatic heterocycles. The number of hydrogen-bond donors (Lipinski definition) is 1. The van der Waals surface area contributed by atoms with Gasteiger partial charge in [-0.3, -0.25) is 0 Å². The molecule has 0 spiro atoms. The van der Waals surface area contributed by atoms with Crippen LogP contribution >= 0.6 is 0 Å². The first kappa shape index (κ1) is 10.7. The lowest BCUT2D eigenvalue weighted by Gasteiger charge is -2.39. The first-order valence-corrected chi connectivity index (χ1v) is 5.88. The largest absolute Gasteiger partial charge is 0.385 e. The highest BCUT2D eigenvalue weighted by atomic mass is 16.3. The van der Waals surface area contributed by atoms with Crippen LogP contribution in [-0.4, -0.2) is 5.11 Å². The van der Waals surface area contributed by atoms with Crippen LogP contribution in [0.3, 0.4) is 0 Å². The van der Waals surface area contributed by atoms with Crippen molar-refractivity contribution in [3.8, 4) is 0 Å². The van der Waals surface area contributed by atoms with E-state index in [1.807, 2.05) is 30.3 Å². The summed E-state index contributed by atoms with van der Waals surface area (Å²) in [6, 6.07) is 10.1. The Morgan fingerprint density at radius 3 is 2.13 bits per heavy atom. The van der Waals surface area contributed by atoms with E-state index in [1.54, 1.807) is 0 Å². The van der Waals surface area contributed by atoms with E-state index in [0.29, 0.717) is 11.8 Å². The van der Waals surface area contributed by atoms with Crippen molar-refractivity contribution in [3.05, 3.63) is 35.9 Å². The molecule has 0 unspecified atom stereocenters. The van der Waals surface area contributed by atoms with Gasteiger partial charge in [0.15, 0.2) is 0 Å². The second-order valence-corrected chi connectivity index (χ2v) is 5.25. The lowest BCUT2D eigenvalue weighted by Crippen LogP contribution is -2.35. The van der Waals surface area contributed by atoms with E-state index in [-0.39, 0.29) is 0 Å². The van der Waals surface area contributed by atoms with Crippen LogP contribution in [0.25, 0.3) is 0 Å². The summed E-state index contributed by atoms with van der Waals surface area (Å²) in [7, 11) is 0. The molecular weight excluding hydrogens is 184 g/mol. The average molecular weight is 204 g/mol. The fourth-order valence-electron chi connectivity index (χ4n) is 3.07. The van der Waals surface area contributed by atoms with Gasteiger partial charge < -0.3 is 5.11 Å². The van der Waals surface area contributed by atoms with Crippen LogP contribution in [0, 0.1) is 11.8 Å². The number of rotatable bonds is 1. The Kier molecular flexibility index (Phi) is 2.83. The van der Waals surface area contributed by atoms with Crippen molar-refractivity contribution in [2.75, 3.05) is 0 Å². The summed E-state index contributed by atoms with van der Waals surface area (Å²) in [6.45, 7) is 4.48. The van der Waals surface area contributed by atoms with Crippen molar-refractivity contribution in [2.24, 2.45) is 11.8 Å². The molecule has 1 saturated carbocycles. The smallest absolute Gasteiger partial charge is 0.0901 e. The molecule has 1 aliphatic carbocycles. The van der Waals surface area contributed by atoms with Crippen LogP contribution in [0.1, 0.15) is 38.7 Å². The Morgan fingerprint density at radius 1 is 1.07 bits per heavy atom. The summed E-state index contributed by atoms with van der Waals surface area (Å²) in [5.41, 5.74) is 0.502. The molecule has 0 saturated heterocycles. The van der Waals surface area contributed by atoms with Gasteiger partial charge in [-0.15, -0.1) is 0 Å². The van der Waals surface area contributed by atoms with Crippen LogP contribution < -0.4 is 0 Å². The summed E-state index contributed by atoms with van der Waals surface area (Å²) in [4.78, 5) is 0. The standard InChI is InChI=1S/C14H20O/c1-11-8-12(2)10-14(15,9-11)13-6-4-3-5-7-13/h3-7,11-12,15H,8-10H2,1-2H3/t11-,12-/m1/s1. The third-order valence-electron chi connectivity index (χ3n) is 3.49. The predicted octanol–water partition coefficient (Wildman–Crippen LogP) is 3.33. The molecule has 1 heteroatoms. The quantitative estimate of drug-likeness (QED) is 0.744. The lowest BCUT2D eigenvalue weighted by atomic mass is 9.71. The van der Waals surface area contributed by atoms with Crippen LogP contribution in [-0.2, 0) is 5.60 Å². The van der Waals surface area contributed by atoms with Gasteiger partial charge >= 0.3 is 0 Å². The van der Waals surface area contributed by atoms with Gasteiger partial charge in [0.1, 0.15) is 0 Å². The van der Waals surface area contributed by atoms with Crippen LogP contribution in [0.5, 0.6) is 0 Å². The zero-order valence-corrected chi connectivity index (χ0v) is 9.61. The van der Waals surface area contributed by atoms with E-state index < -0.39 is 5.60 Å². The minimum atomic E-state index is -0.585. The molecule has 2 rings (SSSR count). The molecule has 82 valence electrons. The lowest BCUT2D eigenvalue weighted by molar-refractivity contribution is -0.0362. The van der Waals surface area contributed by atoms with Crippen molar-refractivity contribution in [2.45, 2.75) is 38.7 Å². The van der Waals surface area contributed by atoms with E-state index in [9.17, 15) is 5.11 Å². The topological polar surface area (TPSA) is 20.2 Å². The highest BCUT2D eigenvalue weighted by molar-refractivity contribution is 5.23. The van der Waals surface area contributed by atoms with Crippen molar-refractivity contribution in [3.63, 3.8) is 0 Å². The molecule has 0 aromatic heterocycles. The Labute approximate surface area is 92.1 Å². The van der Waals surface area contributed by atoms with Crippen molar-refractivity contribution in [1.29, 1.82) is 0 Å². The summed E-state index contributed by atoms with van der Waals surface area (Å²) in [5.74, 6) is 1.25. The maximum atomic E-state index is 10.7. The summed E-state index contributed by atoms with van der Waals surface area (Å²) in [6.07, 6.45) is 3.05. The van der Waals surface area contributed by atoms with Crippen molar-refractivity contribution < 1.29 is 5.11 Å². The zero-order valence-electron chi connectivity index (χ0n) is 9.61. The Bertz CT molecular complexity index is 307. The second-order valence-electron chi connectivity index (χ2n) is 5.25. The number of benzene rings is 1. The minimum absolute atomic E-state index is 0.585. The second kappa shape index (κ2) is 3.97. The Morgan fingerprint density at radius 2 is 1.60 bits per heavy atom. The fourth-order valence-corrected chi connectivity index (χ4v) is 3.07. The van der Waals surface area contributed by atoms with Gasteiger partial charge in [0, 0.05) is 0 Å². The van der Waals surface area contributed by atoms with Gasteiger partial charge in [0.05, 0.1) is 5.60 Å². The van der Waals surface area contributed by atoms with Crippen molar-refractivity contribution in [1.82, 2.24) is 0 Å². The maximum Gasteiger partial charge on any atom is 0.0901 e. The van der Waals surface area contributed by atoms with Crippen LogP contribution in [0.15, 0.2) is 30.3 Å². The molecule has 1 N–H and O–H groups in total. The van der Waals surface area contributed by atoms with Crippen LogP contribution in [0.2, 0.25) is 0 Å². The first-order chi connectivity index (χ1) is 7.10. The van der Waals surface area contributed by atoms with E-state index >= 15 is 0 Å². The maximum absolute atomic E-state index is 10.7. The molecule has 1 nitrogen and oxygen atoms in total. The normalized spacial score (nSPS) is 36.5.